The topological polar surface area (TPSA) is 63.2 Å². The second kappa shape index (κ2) is 9.15. The maximum Gasteiger partial charge on any atom is 0.323 e. The monoisotopic (exact) mass is 451 g/mol. The molecule has 0 aliphatic heterocycles. The number of carbonyl (C=O) groups is 1. The maximum absolute atomic E-state index is 13.7. The Bertz CT molecular complexity index is 1260. The van der Waals surface area contributed by atoms with E-state index < -0.39 is 17.7 Å². The van der Waals surface area contributed by atoms with E-state index in [1.54, 1.807) is 30.6 Å². The molecule has 0 spiro atoms. The quantitative estimate of drug-likeness (QED) is 0.354. The second-order valence-electron chi connectivity index (χ2n) is 6.92. The summed E-state index contributed by atoms with van der Waals surface area (Å²) < 4.78 is 31.9. The number of benzene rings is 3. The van der Waals surface area contributed by atoms with E-state index in [1.807, 2.05) is 43.3 Å². The number of rotatable bonds is 5. The molecule has 0 unspecified atom stereocenters. The first-order valence-corrected chi connectivity index (χ1v) is 10.5. The fourth-order valence-corrected chi connectivity index (χ4v) is 4.09. The maximum atomic E-state index is 13.7. The van der Waals surface area contributed by atoms with Crippen LogP contribution in [0.5, 0.6) is 5.75 Å². The number of nitrogens with one attached hydrogen (secondary N) is 2. The van der Waals surface area contributed by atoms with Crippen molar-refractivity contribution in [2.24, 2.45) is 0 Å². The van der Waals surface area contributed by atoms with Gasteiger partial charge in [-0.3, -0.25) is 0 Å². The Labute approximate surface area is 187 Å². The molecule has 0 fully saturated rings. The Morgan fingerprint density at radius 2 is 1.62 bits per heavy atom. The number of aryl methyl sites for hydroxylation is 1. The number of halogens is 2. The number of aromatic nitrogens is 1. The van der Waals surface area contributed by atoms with E-state index in [4.69, 9.17) is 4.74 Å². The summed E-state index contributed by atoms with van der Waals surface area (Å²) >= 11 is 1.58. The highest BCUT2D eigenvalue weighted by Crippen LogP contribution is 2.37. The van der Waals surface area contributed by atoms with Gasteiger partial charge in [0.1, 0.15) is 17.4 Å². The molecule has 0 aliphatic carbocycles. The molecule has 8 heteroatoms. The molecule has 0 aliphatic rings. The minimum Gasteiger partial charge on any atom is -0.497 e. The summed E-state index contributed by atoms with van der Waals surface area (Å²) in [5.41, 5.74) is 3.23. The lowest BCUT2D eigenvalue weighted by Crippen LogP contribution is -2.20. The van der Waals surface area contributed by atoms with Gasteiger partial charge in [0, 0.05) is 17.3 Å². The normalized spacial score (nSPS) is 10.6. The number of thiazole rings is 1. The van der Waals surface area contributed by atoms with Gasteiger partial charge < -0.3 is 15.4 Å². The number of ether oxygens (including phenoxy) is 1. The molecular weight excluding hydrogens is 432 g/mol. The molecule has 0 saturated carbocycles. The van der Waals surface area contributed by atoms with E-state index in [-0.39, 0.29) is 5.69 Å². The third kappa shape index (κ3) is 4.76. The average molecular weight is 451 g/mol. The van der Waals surface area contributed by atoms with Crippen LogP contribution in [0.15, 0.2) is 66.7 Å². The molecule has 162 valence electrons. The van der Waals surface area contributed by atoms with Crippen molar-refractivity contribution < 1.29 is 18.3 Å². The first kappa shape index (κ1) is 21.5. The van der Waals surface area contributed by atoms with E-state index in [0.717, 1.165) is 38.5 Å². The average Bonchev–Trinajstić information content (AvgIpc) is 3.18. The lowest BCUT2D eigenvalue weighted by atomic mass is 10.1. The number of carbonyl (C=O) groups excluding carboxylic acids is 1. The number of hydrogen-bond acceptors (Lipinski definition) is 4. The smallest absolute Gasteiger partial charge is 0.323 e. The van der Waals surface area contributed by atoms with Crippen molar-refractivity contribution in [1.29, 1.82) is 0 Å². The fraction of sp³-hybridized carbons (Fsp3) is 0.0833. The number of hydrogen-bond donors (Lipinski definition) is 2. The fourth-order valence-electron chi connectivity index (χ4n) is 3.15. The van der Waals surface area contributed by atoms with Crippen LogP contribution in [0.25, 0.3) is 21.7 Å². The second-order valence-corrected chi connectivity index (χ2v) is 8.12. The first-order valence-electron chi connectivity index (χ1n) is 9.68. The summed E-state index contributed by atoms with van der Waals surface area (Å²) in [6, 6.07) is 17.3. The first-order chi connectivity index (χ1) is 15.4. The van der Waals surface area contributed by atoms with Gasteiger partial charge in [-0.2, -0.15) is 0 Å². The number of urea groups is 1. The molecule has 0 bridgehead atoms. The van der Waals surface area contributed by atoms with Gasteiger partial charge in [-0.15, -0.1) is 11.3 Å². The molecule has 1 aromatic heterocycles. The van der Waals surface area contributed by atoms with Gasteiger partial charge >= 0.3 is 6.03 Å². The Morgan fingerprint density at radius 1 is 0.938 bits per heavy atom. The minimum atomic E-state index is -0.845. The van der Waals surface area contributed by atoms with Crippen molar-refractivity contribution in [1.82, 2.24) is 4.98 Å². The Kier molecular flexibility index (Phi) is 6.13. The summed E-state index contributed by atoms with van der Waals surface area (Å²) in [5, 5.41) is 5.94. The van der Waals surface area contributed by atoms with E-state index in [2.05, 4.69) is 15.6 Å². The van der Waals surface area contributed by atoms with Crippen molar-refractivity contribution in [2.45, 2.75) is 6.92 Å². The SMILES string of the molecule is COc1ccc(-c2nc(C)sc2-c2ccc(NC(=O)Nc3ccc(F)cc3F)cc2)cc1. The van der Waals surface area contributed by atoms with Gasteiger partial charge in [-0.25, -0.2) is 18.6 Å². The molecule has 32 heavy (non-hydrogen) atoms. The number of amides is 2. The molecule has 0 saturated heterocycles. The molecule has 0 radical (unpaired) electrons. The van der Waals surface area contributed by atoms with Crippen molar-refractivity contribution >= 4 is 28.7 Å². The van der Waals surface area contributed by atoms with Gasteiger partial charge in [-0.05, 0) is 61.0 Å². The van der Waals surface area contributed by atoms with Gasteiger partial charge in [-0.1, -0.05) is 12.1 Å². The van der Waals surface area contributed by atoms with Crippen molar-refractivity contribution in [3.8, 4) is 27.4 Å². The van der Waals surface area contributed by atoms with E-state index in [0.29, 0.717) is 11.8 Å². The summed E-state index contributed by atoms with van der Waals surface area (Å²) in [5.74, 6) is -0.782. The summed E-state index contributed by atoms with van der Waals surface area (Å²) in [6.45, 7) is 1.95. The molecule has 4 aromatic rings. The molecular formula is C24H19F2N3O2S. The highest BCUT2D eigenvalue weighted by Gasteiger charge is 2.14. The van der Waals surface area contributed by atoms with E-state index >= 15 is 0 Å². The Balaban J connectivity index is 1.51. The Morgan fingerprint density at radius 3 is 2.28 bits per heavy atom. The van der Waals surface area contributed by atoms with Crippen LogP contribution in [0, 0.1) is 18.6 Å². The van der Waals surface area contributed by atoms with Crippen LogP contribution in [0.1, 0.15) is 5.01 Å². The van der Waals surface area contributed by atoms with Crippen molar-refractivity contribution in [3.05, 3.63) is 83.4 Å². The van der Waals surface area contributed by atoms with Crippen LogP contribution in [0.3, 0.4) is 0 Å². The van der Waals surface area contributed by atoms with Gasteiger partial charge in [0.05, 0.1) is 28.4 Å². The van der Waals surface area contributed by atoms with Gasteiger partial charge in [0.15, 0.2) is 0 Å². The largest absolute Gasteiger partial charge is 0.497 e. The van der Waals surface area contributed by atoms with Crippen molar-refractivity contribution in [3.63, 3.8) is 0 Å². The summed E-state index contributed by atoms with van der Waals surface area (Å²) in [6.07, 6.45) is 0. The third-order valence-corrected chi connectivity index (χ3v) is 5.70. The van der Waals surface area contributed by atoms with Crippen LogP contribution in [-0.4, -0.2) is 18.1 Å². The van der Waals surface area contributed by atoms with Crippen LogP contribution in [-0.2, 0) is 0 Å². The van der Waals surface area contributed by atoms with Gasteiger partial charge in [0.25, 0.3) is 0 Å². The third-order valence-electron chi connectivity index (χ3n) is 4.68. The molecule has 3 aromatic carbocycles. The van der Waals surface area contributed by atoms with Crippen molar-refractivity contribution in [2.75, 3.05) is 17.7 Å². The number of methoxy groups -OCH3 is 1. The van der Waals surface area contributed by atoms with E-state index in [9.17, 15) is 13.6 Å². The lowest BCUT2D eigenvalue weighted by Gasteiger charge is -2.09. The zero-order chi connectivity index (χ0) is 22.7. The van der Waals surface area contributed by atoms with Crippen LogP contribution in [0.4, 0.5) is 25.0 Å². The highest BCUT2D eigenvalue weighted by atomic mass is 32.1. The number of nitrogens with zero attached hydrogens (tertiary/aromatic N) is 1. The Hall–Kier alpha value is -3.78. The molecule has 2 N–H and O–H groups in total. The predicted octanol–water partition coefficient (Wildman–Crippen LogP) is 6.72. The number of anilines is 2. The standard InChI is InChI=1S/C24H19F2N3O2S/c1-14-27-22(15-5-10-19(31-2)11-6-15)23(32-14)16-3-8-18(9-4-16)28-24(30)29-21-12-7-17(25)13-20(21)26/h3-13H,1-2H3,(H2,28,29,30). The van der Waals surface area contributed by atoms with Crippen LogP contribution >= 0.6 is 11.3 Å². The molecule has 0 atom stereocenters. The minimum absolute atomic E-state index is 0.107. The molecule has 4 rings (SSSR count). The summed E-state index contributed by atoms with van der Waals surface area (Å²) in [7, 11) is 1.62. The highest BCUT2D eigenvalue weighted by molar-refractivity contribution is 7.15. The zero-order valence-corrected chi connectivity index (χ0v) is 18.1. The lowest BCUT2D eigenvalue weighted by molar-refractivity contribution is 0.262. The molecule has 5 nitrogen and oxygen atoms in total. The molecule has 2 amide bonds. The van der Waals surface area contributed by atoms with Crippen LogP contribution in [0.2, 0.25) is 0 Å². The van der Waals surface area contributed by atoms with Crippen LogP contribution < -0.4 is 15.4 Å². The zero-order valence-electron chi connectivity index (χ0n) is 17.3. The summed E-state index contributed by atoms with van der Waals surface area (Å²) in [4.78, 5) is 17.9. The van der Waals surface area contributed by atoms with E-state index in [1.165, 1.54) is 6.07 Å². The predicted molar refractivity (Wildman–Crippen MR) is 123 cm³/mol. The van der Waals surface area contributed by atoms with Gasteiger partial charge in [0.2, 0.25) is 0 Å². The molecule has 1 heterocycles.